The molecule has 2 aliphatic heterocycles. The number of hydrogen-bond acceptors (Lipinski definition) is 3. The summed E-state index contributed by atoms with van der Waals surface area (Å²) >= 11 is 0. The van der Waals surface area contributed by atoms with Crippen molar-refractivity contribution in [3.05, 3.63) is 0 Å². The highest BCUT2D eigenvalue weighted by atomic mass is 16.5. The van der Waals surface area contributed by atoms with Crippen LogP contribution < -0.4 is 10.6 Å². The second kappa shape index (κ2) is 5.64. The Bertz CT molecular complexity index is 233. The summed E-state index contributed by atoms with van der Waals surface area (Å²) < 4.78 is 5.57. The highest BCUT2D eigenvalue weighted by Gasteiger charge is 2.27. The second-order valence-corrected chi connectivity index (χ2v) is 4.89. The van der Waals surface area contributed by atoms with Gasteiger partial charge in [-0.3, -0.25) is 4.79 Å². The fraction of sp³-hybridized carbons (Fsp3) is 0.917. The Morgan fingerprint density at radius 2 is 2.31 bits per heavy atom. The Morgan fingerprint density at radius 3 is 2.94 bits per heavy atom. The Kier molecular flexibility index (Phi) is 4.18. The van der Waals surface area contributed by atoms with Gasteiger partial charge in [-0.25, -0.2) is 0 Å². The van der Waals surface area contributed by atoms with Gasteiger partial charge in [-0.2, -0.15) is 0 Å². The van der Waals surface area contributed by atoms with E-state index in [0.717, 1.165) is 45.4 Å². The molecule has 2 heterocycles. The summed E-state index contributed by atoms with van der Waals surface area (Å²) in [5.74, 6) is 0.341. The van der Waals surface area contributed by atoms with Crippen LogP contribution in [0.4, 0.5) is 0 Å². The normalized spacial score (nSPS) is 32.3. The summed E-state index contributed by atoms with van der Waals surface area (Å²) in [4.78, 5) is 12.0. The number of rotatable bonds is 3. The molecule has 2 rings (SSSR count). The lowest BCUT2D eigenvalue weighted by Gasteiger charge is -2.26. The number of nitrogens with one attached hydrogen (secondary N) is 2. The Morgan fingerprint density at radius 1 is 1.44 bits per heavy atom. The molecule has 16 heavy (non-hydrogen) atoms. The number of carbonyl (C=O) groups excluding carboxylic acids is 1. The van der Waals surface area contributed by atoms with Crippen LogP contribution in [0, 0.1) is 5.92 Å². The molecule has 4 nitrogen and oxygen atoms in total. The van der Waals surface area contributed by atoms with Gasteiger partial charge in [-0.1, -0.05) is 0 Å². The fourth-order valence-corrected chi connectivity index (χ4v) is 2.51. The lowest BCUT2D eigenvalue weighted by Crippen LogP contribution is -2.47. The Balaban J connectivity index is 1.76. The van der Waals surface area contributed by atoms with Gasteiger partial charge in [0.2, 0.25) is 5.91 Å². The lowest BCUT2D eigenvalue weighted by atomic mass is 9.98. The van der Waals surface area contributed by atoms with Crippen LogP contribution in [0.1, 0.15) is 32.6 Å². The molecule has 2 N–H and O–H groups in total. The monoisotopic (exact) mass is 226 g/mol. The van der Waals surface area contributed by atoms with E-state index in [1.807, 2.05) is 6.92 Å². The van der Waals surface area contributed by atoms with Crippen molar-refractivity contribution in [3.63, 3.8) is 0 Å². The van der Waals surface area contributed by atoms with Gasteiger partial charge in [0.1, 0.15) is 0 Å². The average molecular weight is 226 g/mol. The third-order valence-electron chi connectivity index (χ3n) is 3.56. The summed E-state index contributed by atoms with van der Waals surface area (Å²) in [6, 6.07) is 0.150. The van der Waals surface area contributed by atoms with Crippen LogP contribution in [-0.4, -0.2) is 37.7 Å². The topological polar surface area (TPSA) is 50.4 Å². The van der Waals surface area contributed by atoms with Crippen LogP contribution in [0.2, 0.25) is 0 Å². The van der Waals surface area contributed by atoms with Crippen molar-refractivity contribution in [1.29, 1.82) is 0 Å². The van der Waals surface area contributed by atoms with Gasteiger partial charge in [0, 0.05) is 13.2 Å². The van der Waals surface area contributed by atoms with E-state index in [-0.39, 0.29) is 24.0 Å². The summed E-state index contributed by atoms with van der Waals surface area (Å²) in [6.07, 6.45) is 4.53. The van der Waals surface area contributed by atoms with Crippen molar-refractivity contribution in [2.75, 3.05) is 19.7 Å². The smallest absolute Gasteiger partial charge is 0.224 e. The maximum atomic E-state index is 12.0. The molecule has 0 saturated carbocycles. The number of amides is 1. The minimum absolute atomic E-state index is 0.150. The van der Waals surface area contributed by atoms with Crippen molar-refractivity contribution in [1.82, 2.24) is 10.6 Å². The fourth-order valence-electron chi connectivity index (χ4n) is 2.51. The van der Waals surface area contributed by atoms with E-state index in [2.05, 4.69) is 10.6 Å². The zero-order valence-corrected chi connectivity index (χ0v) is 10.00. The molecular weight excluding hydrogens is 204 g/mol. The largest absolute Gasteiger partial charge is 0.376 e. The van der Waals surface area contributed by atoms with E-state index >= 15 is 0 Å². The zero-order chi connectivity index (χ0) is 11.4. The Hall–Kier alpha value is -0.610. The molecule has 2 fully saturated rings. The first-order valence-corrected chi connectivity index (χ1v) is 6.40. The molecule has 0 aromatic carbocycles. The van der Waals surface area contributed by atoms with E-state index in [9.17, 15) is 4.79 Å². The van der Waals surface area contributed by atoms with E-state index < -0.39 is 0 Å². The third kappa shape index (κ3) is 2.95. The molecule has 3 unspecified atom stereocenters. The van der Waals surface area contributed by atoms with Crippen LogP contribution in [-0.2, 0) is 9.53 Å². The van der Waals surface area contributed by atoms with Crippen molar-refractivity contribution in [2.24, 2.45) is 5.92 Å². The average Bonchev–Trinajstić information content (AvgIpc) is 2.83. The molecule has 0 spiro atoms. The van der Waals surface area contributed by atoms with Gasteiger partial charge in [-0.15, -0.1) is 0 Å². The van der Waals surface area contributed by atoms with Crippen LogP contribution >= 0.6 is 0 Å². The van der Waals surface area contributed by atoms with E-state index in [0.29, 0.717) is 0 Å². The van der Waals surface area contributed by atoms with Crippen LogP contribution in [0.15, 0.2) is 0 Å². The first-order chi connectivity index (χ1) is 7.77. The van der Waals surface area contributed by atoms with Crippen LogP contribution in [0.25, 0.3) is 0 Å². The maximum absolute atomic E-state index is 12.0. The van der Waals surface area contributed by atoms with Crippen molar-refractivity contribution < 1.29 is 9.53 Å². The minimum atomic E-state index is 0.150. The molecule has 2 saturated heterocycles. The van der Waals surface area contributed by atoms with Gasteiger partial charge >= 0.3 is 0 Å². The molecule has 4 heteroatoms. The quantitative estimate of drug-likeness (QED) is 0.743. The third-order valence-corrected chi connectivity index (χ3v) is 3.56. The summed E-state index contributed by atoms with van der Waals surface area (Å²) in [5, 5.41) is 6.35. The van der Waals surface area contributed by atoms with Gasteiger partial charge < -0.3 is 15.4 Å². The predicted molar refractivity (Wildman–Crippen MR) is 62.2 cm³/mol. The van der Waals surface area contributed by atoms with Gasteiger partial charge in [-0.05, 0) is 39.2 Å². The SMILES string of the molecule is CC(NC(=O)C1CCCNC1)C1CCCO1. The van der Waals surface area contributed by atoms with Crippen LogP contribution in [0.3, 0.4) is 0 Å². The van der Waals surface area contributed by atoms with E-state index in [4.69, 9.17) is 4.74 Å². The molecule has 1 amide bonds. The number of carbonyl (C=O) groups is 1. The molecule has 0 radical (unpaired) electrons. The highest BCUT2D eigenvalue weighted by Crippen LogP contribution is 2.16. The molecule has 0 aromatic rings. The number of hydrogen-bond donors (Lipinski definition) is 2. The minimum Gasteiger partial charge on any atom is -0.376 e. The highest BCUT2D eigenvalue weighted by molar-refractivity contribution is 5.79. The van der Waals surface area contributed by atoms with Crippen molar-refractivity contribution in [2.45, 2.75) is 44.8 Å². The van der Waals surface area contributed by atoms with E-state index in [1.165, 1.54) is 0 Å². The van der Waals surface area contributed by atoms with E-state index in [1.54, 1.807) is 0 Å². The molecule has 0 aromatic heterocycles. The van der Waals surface area contributed by atoms with Crippen LogP contribution in [0.5, 0.6) is 0 Å². The standard InChI is InChI=1S/C12H22N2O2/c1-9(11-5-3-7-16-11)14-12(15)10-4-2-6-13-8-10/h9-11,13H,2-8H2,1H3,(H,14,15). The van der Waals surface area contributed by atoms with Gasteiger partial charge in [0.05, 0.1) is 18.1 Å². The lowest BCUT2D eigenvalue weighted by molar-refractivity contribution is -0.127. The van der Waals surface area contributed by atoms with Crippen molar-refractivity contribution in [3.8, 4) is 0 Å². The Labute approximate surface area is 97.1 Å². The molecule has 3 atom stereocenters. The number of ether oxygens (including phenoxy) is 1. The summed E-state index contributed by atoms with van der Waals surface area (Å²) in [5.41, 5.74) is 0. The zero-order valence-electron chi connectivity index (χ0n) is 10.00. The van der Waals surface area contributed by atoms with Gasteiger partial charge in [0.15, 0.2) is 0 Å². The molecular formula is C12H22N2O2. The first-order valence-electron chi connectivity index (χ1n) is 6.40. The molecule has 0 aliphatic carbocycles. The molecule has 92 valence electrons. The maximum Gasteiger partial charge on any atom is 0.224 e. The van der Waals surface area contributed by atoms with Crippen molar-refractivity contribution >= 4 is 5.91 Å². The summed E-state index contributed by atoms with van der Waals surface area (Å²) in [7, 11) is 0. The molecule has 0 bridgehead atoms. The molecule has 2 aliphatic rings. The number of piperidine rings is 1. The summed E-state index contributed by atoms with van der Waals surface area (Å²) in [6.45, 7) is 4.76. The second-order valence-electron chi connectivity index (χ2n) is 4.89. The predicted octanol–water partition coefficient (Wildman–Crippen LogP) is 0.670. The first kappa shape index (κ1) is 11.9. The van der Waals surface area contributed by atoms with Gasteiger partial charge in [0.25, 0.3) is 0 Å².